The van der Waals surface area contributed by atoms with Crippen LogP contribution in [0.15, 0.2) is 54.0 Å². The lowest BCUT2D eigenvalue weighted by molar-refractivity contribution is -0.131. The predicted octanol–water partition coefficient (Wildman–Crippen LogP) is 3.06. The number of carbonyl (C=O) groups excluding carboxylic acids is 2. The standard InChI is InChI=1S/C19H22N2O3/c1-5-11-21(12-6-2)19(23)14(4)20-18(22)17-13(3)15-9-7-8-10-16(15)24-17/h5-10,14H,1-2,11-12H2,3-4H3,(H,20,22). The Morgan fingerprint density at radius 3 is 2.46 bits per heavy atom. The Labute approximate surface area is 141 Å². The van der Waals surface area contributed by atoms with Crippen molar-refractivity contribution in [3.05, 3.63) is 60.9 Å². The van der Waals surface area contributed by atoms with Gasteiger partial charge in [0, 0.05) is 24.0 Å². The minimum atomic E-state index is -0.676. The summed E-state index contributed by atoms with van der Waals surface area (Å²) >= 11 is 0. The molecule has 2 rings (SSSR count). The minimum Gasteiger partial charge on any atom is -0.451 e. The van der Waals surface area contributed by atoms with Crippen LogP contribution in [-0.2, 0) is 4.79 Å². The molecule has 0 spiro atoms. The molecular formula is C19H22N2O3. The summed E-state index contributed by atoms with van der Waals surface area (Å²) in [5, 5.41) is 3.59. The zero-order chi connectivity index (χ0) is 17.7. The summed E-state index contributed by atoms with van der Waals surface area (Å²) in [6.07, 6.45) is 3.28. The molecule has 0 aliphatic heterocycles. The number of rotatable bonds is 7. The second-order valence-corrected chi connectivity index (χ2v) is 5.57. The van der Waals surface area contributed by atoms with Crippen LogP contribution in [0.4, 0.5) is 0 Å². The van der Waals surface area contributed by atoms with Gasteiger partial charge >= 0.3 is 0 Å². The SMILES string of the molecule is C=CCN(CC=C)C(=O)C(C)NC(=O)c1oc2ccccc2c1C. The maximum Gasteiger partial charge on any atom is 0.287 e. The maximum atomic E-state index is 12.5. The summed E-state index contributed by atoms with van der Waals surface area (Å²) in [5.41, 5.74) is 1.41. The number of hydrogen-bond acceptors (Lipinski definition) is 3. The monoisotopic (exact) mass is 326 g/mol. The zero-order valence-electron chi connectivity index (χ0n) is 14.0. The van der Waals surface area contributed by atoms with Gasteiger partial charge in [0.2, 0.25) is 5.91 Å². The molecule has 0 bridgehead atoms. The van der Waals surface area contributed by atoms with Gasteiger partial charge in [0.05, 0.1) is 0 Å². The van der Waals surface area contributed by atoms with Crippen molar-refractivity contribution in [2.45, 2.75) is 19.9 Å². The molecule has 1 aromatic heterocycles. The average Bonchev–Trinajstić information content (AvgIpc) is 2.91. The van der Waals surface area contributed by atoms with Crippen LogP contribution in [0.1, 0.15) is 23.0 Å². The second kappa shape index (κ2) is 7.64. The van der Waals surface area contributed by atoms with Crippen LogP contribution in [0.5, 0.6) is 0 Å². The lowest BCUT2D eigenvalue weighted by Gasteiger charge is -2.23. The van der Waals surface area contributed by atoms with Crippen molar-refractivity contribution in [1.82, 2.24) is 10.2 Å². The number of aryl methyl sites for hydroxylation is 1. The molecule has 1 heterocycles. The molecule has 5 nitrogen and oxygen atoms in total. The third kappa shape index (κ3) is 3.56. The number of hydrogen-bond donors (Lipinski definition) is 1. The molecule has 24 heavy (non-hydrogen) atoms. The average molecular weight is 326 g/mol. The van der Waals surface area contributed by atoms with E-state index in [9.17, 15) is 9.59 Å². The van der Waals surface area contributed by atoms with E-state index in [-0.39, 0.29) is 11.7 Å². The molecule has 0 aliphatic rings. The molecular weight excluding hydrogens is 304 g/mol. The molecule has 0 saturated carbocycles. The summed E-state index contributed by atoms with van der Waals surface area (Å²) in [6, 6.07) is 6.77. The third-order valence-corrected chi connectivity index (χ3v) is 3.78. The van der Waals surface area contributed by atoms with Gasteiger partial charge < -0.3 is 14.6 Å². The molecule has 0 radical (unpaired) electrons. The summed E-state index contributed by atoms with van der Waals surface area (Å²) in [7, 11) is 0. The van der Waals surface area contributed by atoms with E-state index in [0.29, 0.717) is 18.7 Å². The molecule has 1 unspecified atom stereocenters. The highest BCUT2D eigenvalue weighted by Crippen LogP contribution is 2.24. The fourth-order valence-electron chi connectivity index (χ4n) is 2.55. The molecule has 2 aromatic rings. The van der Waals surface area contributed by atoms with E-state index >= 15 is 0 Å². The van der Waals surface area contributed by atoms with Gasteiger partial charge in [0.15, 0.2) is 5.76 Å². The predicted molar refractivity (Wildman–Crippen MR) is 94.9 cm³/mol. The molecule has 1 aromatic carbocycles. The van der Waals surface area contributed by atoms with Crippen molar-refractivity contribution in [1.29, 1.82) is 0 Å². The molecule has 126 valence electrons. The van der Waals surface area contributed by atoms with Gasteiger partial charge in [0.25, 0.3) is 5.91 Å². The van der Waals surface area contributed by atoms with E-state index in [2.05, 4.69) is 18.5 Å². The fraction of sp³-hybridized carbons (Fsp3) is 0.263. The third-order valence-electron chi connectivity index (χ3n) is 3.78. The molecule has 0 fully saturated rings. The smallest absolute Gasteiger partial charge is 0.287 e. The first-order chi connectivity index (χ1) is 11.5. The van der Waals surface area contributed by atoms with Gasteiger partial charge in [-0.05, 0) is 19.9 Å². The van der Waals surface area contributed by atoms with Crippen molar-refractivity contribution in [2.75, 3.05) is 13.1 Å². The van der Waals surface area contributed by atoms with E-state index in [0.717, 1.165) is 10.9 Å². The van der Waals surface area contributed by atoms with Crippen molar-refractivity contribution in [2.24, 2.45) is 0 Å². The van der Waals surface area contributed by atoms with Crippen LogP contribution in [0.25, 0.3) is 11.0 Å². The van der Waals surface area contributed by atoms with Gasteiger partial charge in [-0.25, -0.2) is 0 Å². The summed E-state index contributed by atoms with van der Waals surface area (Å²) < 4.78 is 5.63. The Bertz CT molecular complexity index is 766. The number of benzene rings is 1. The molecule has 1 N–H and O–H groups in total. The Kier molecular flexibility index (Phi) is 5.58. The van der Waals surface area contributed by atoms with Crippen molar-refractivity contribution < 1.29 is 14.0 Å². The van der Waals surface area contributed by atoms with Crippen LogP contribution < -0.4 is 5.32 Å². The number of nitrogens with one attached hydrogen (secondary N) is 1. The number of nitrogens with zero attached hydrogens (tertiary/aromatic N) is 1. The zero-order valence-corrected chi connectivity index (χ0v) is 14.0. The second-order valence-electron chi connectivity index (χ2n) is 5.57. The highest BCUT2D eigenvalue weighted by Gasteiger charge is 2.24. The lowest BCUT2D eigenvalue weighted by atomic mass is 10.1. The first kappa shape index (κ1) is 17.5. The molecule has 0 aliphatic carbocycles. The first-order valence-corrected chi connectivity index (χ1v) is 7.79. The van der Waals surface area contributed by atoms with Crippen molar-refractivity contribution in [3.63, 3.8) is 0 Å². The van der Waals surface area contributed by atoms with Crippen LogP contribution in [-0.4, -0.2) is 35.8 Å². The largest absolute Gasteiger partial charge is 0.451 e. The molecule has 5 heteroatoms. The summed E-state index contributed by atoms with van der Waals surface area (Å²) in [5.74, 6) is -0.367. The van der Waals surface area contributed by atoms with Gasteiger partial charge in [-0.1, -0.05) is 30.4 Å². The highest BCUT2D eigenvalue weighted by molar-refractivity contribution is 6.00. The highest BCUT2D eigenvalue weighted by atomic mass is 16.3. The lowest BCUT2D eigenvalue weighted by Crippen LogP contribution is -2.47. The van der Waals surface area contributed by atoms with E-state index in [1.54, 1.807) is 24.0 Å². The number of carbonyl (C=O) groups is 2. The summed E-state index contributed by atoms with van der Waals surface area (Å²) in [6.45, 7) is 11.6. The normalized spacial score (nSPS) is 11.8. The van der Waals surface area contributed by atoms with Gasteiger partial charge in [-0.3, -0.25) is 9.59 Å². The number of furan rings is 1. The number of fused-ring (bicyclic) bond motifs is 1. The van der Waals surface area contributed by atoms with Gasteiger partial charge in [-0.15, -0.1) is 13.2 Å². The number of para-hydroxylation sites is 1. The Morgan fingerprint density at radius 2 is 1.88 bits per heavy atom. The van der Waals surface area contributed by atoms with Gasteiger partial charge in [-0.2, -0.15) is 0 Å². The minimum absolute atomic E-state index is 0.197. The van der Waals surface area contributed by atoms with Crippen molar-refractivity contribution >= 4 is 22.8 Å². The van der Waals surface area contributed by atoms with Gasteiger partial charge in [0.1, 0.15) is 11.6 Å². The summed E-state index contributed by atoms with van der Waals surface area (Å²) in [4.78, 5) is 26.5. The van der Waals surface area contributed by atoms with Crippen LogP contribution >= 0.6 is 0 Å². The fourth-order valence-corrected chi connectivity index (χ4v) is 2.55. The molecule has 0 saturated heterocycles. The quantitative estimate of drug-likeness (QED) is 0.796. The van der Waals surface area contributed by atoms with E-state index < -0.39 is 11.9 Å². The van der Waals surface area contributed by atoms with Crippen LogP contribution in [0.2, 0.25) is 0 Å². The Balaban J connectivity index is 2.15. The van der Waals surface area contributed by atoms with E-state index in [1.165, 1.54) is 0 Å². The first-order valence-electron chi connectivity index (χ1n) is 7.79. The number of amides is 2. The van der Waals surface area contributed by atoms with E-state index in [4.69, 9.17) is 4.42 Å². The van der Waals surface area contributed by atoms with E-state index in [1.807, 2.05) is 31.2 Å². The molecule has 1 atom stereocenters. The van der Waals surface area contributed by atoms with Crippen LogP contribution in [0.3, 0.4) is 0 Å². The topological polar surface area (TPSA) is 62.6 Å². The molecule has 2 amide bonds. The Hall–Kier alpha value is -2.82. The maximum absolute atomic E-state index is 12.5. The van der Waals surface area contributed by atoms with Crippen LogP contribution in [0, 0.1) is 6.92 Å². The van der Waals surface area contributed by atoms with Crippen molar-refractivity contribution in [3.8, 4) is 0 Å². The Morgan fingerprint density at radius 1 is 1.25 bits per heavy atom.